The highest BCUT2D eigenvalue weighted by molar-refractivity contribution is 6.07. The summed E-state index contributed by atoms with van der Waals surface area (Å²) in [5.74, 6) is -0.201. The zero-order valence-electron chi connectivity index (χ0n) is 17.7. The maximum absolute atomic E-state index is 14.0. The summed E-state index contributed by atoms with van der Waals surface area (Å²) < 4.78 is 27.7. The van der Waals surface area contributed by atoms with E-state index >= 15 is 0 Å². The first kappa shape index (κ1) is 20.7. The van der Waals surface area contributed by atoms with Gasteiger partial charge in [0.15, 0.2) is 0 Å². The Labute approximate surface area is 177 Å². The molecule has 0 saturated heterocycles. The first-order valence-electron chi connectivity index (χ1n) is 10.7. The van der Waals surface area contributed by atoms with E-state index in [0.717, 1.165) is 55.6 Å². The lowest BCUT2D eigenvalue weighted by Gasteiger charge is -2.31. The van der Waals surface area contributed by atoms with Gasteiger partial charge in [-0.25, -0.2) is 8.78 Å². The van der Waals surface area contributed by atoms with Gasteiger partial charge >= 0.3 is 0 Å². The van der Waals surface area contributed by atoms with Crippen LogP contribution in [0.3, 0.4) is 0 Å². The number of rotatable bonds is 6. The quantitative estimate of drug-likeness (QED) is 0.626. The predicted molar refractivity (Wildman–Crippen MR) is 118 cm³/mol. The smallest absolute Gasteiger partial charge is 0.123 e. The summed E-state index contributed by atoms with van der Waals surface area (Å²) in [6.07, 6.45) is 6.09. The van der Waals surface area contributed by atoms with Crippen molar-refractivity contribution >= 4 is 11.8 Å². The summed E-state index contributed by atoms with van der Waals surface area (Å²) in [4.78, 5) is 2.17. The third-order valence-corrected chi connectivity index (χ3v) is 5.95. The number of hydrazone groups is 1. The topological polar surface area (TPSA) is 18.8 Å². The molecule has 158 valence electrons. The Kier molecular flexibility index (Phi) is 6.28. The van der Waals surface area contributed by atoms with Crippen LogP contribution in [0.1, 0.15) is 42.9 Å². The van der Waals surface area contributed by atoms with Crippen molar-refractivity contribution in [3.05, 3.63) is 76.9 Å². The molecule has 1 saturated carbocycles. The number of fused-ring (bicyclic) bond motifs is 1. The Morgan fingerprint density at radius 1 is 1.10 bits per heavy atom. The fraction of sp³-hybridized carbons (Fsp3) is 0.400. The van der Waals surface area contributed by atoms with Crippen LogP contribution in [0.2, 0.25) is 0 Å². The van der Waals surface area contributed by atoms with Crippen LogP contribution >= 0.6 is 0 Å². The second-order valence-electron chi connectivity index (χ2n) is 8.53. The minimum atomic E-state index is -0.229. The fourth-order valence-corrected chi connectivity index (χ4v) is 4.65. The number of allylic oxidation sites excluding steroid dienone is 1. The first-order chi connectivity index (χ1) is 14.5. The monoisotopic (exact) mass is 409 g/mol. The third-order valence-electron chi connectivity index (χ3n) is 5.95. The van der Waals surface area contributed by atoms with E-state index in [2.05, 4.69) is 30.1 Å². The van der Waals surface area contributed by atoms with Crippen LogP contribution in [-0.4, -0.2) is 42.8 Å². The molecule has 0 radical (unpaired) electrons. The summed E-state index contributed by atoms with van der Waals surface area (Å²) in [5.41, 5.74) is 4.11. The van der Waals surface area contributed by atoms with Crippen LogP contribution in [0.5, 0.6) is 0 Å². The van der Waals surface area contributed by atoms with Crippen LogP contribution in [0.25, 0.3) is 6.08 Å². The summed E-state index contributed by atoms with van der Waals surface area (Å²) in [6, 6.07) is 13.7. The molecule has 1 aliphatic heterocycles. The lowest BCUT2D eigenvalue weighted by atomic mass is 9.77. The SMILES string of the molecule is CN(C)CCCN1N=C2C(=Cc3cccc(F)c3)CCCC2C1c1cccc(F)c1. The highest BCUT2D eigenvalue weighted by Crippen LogP contribution is 2.44. The summed E-state index contributed by atoms with van der Waals surface area (Å²) >= 11 is 0. The van der Waals surface area contributed by atoms with E-state index in [1.54, 1.807) is 24.3 Å². The molecular formula is C25H29F2N3. The summed E-state index contributed by atoms with van der Waals surface area (Å²) in [5, 5.41) is 7.20. The molecule has 2 aliphatic rings. The summed E-state index contributed by atoms with van der Waals surface area (Å²) in [7, 11) is 4.14. The van der Waals surface area contributed by atoms with E-state index in [-0.39, 0.29) is 23.6 Å². The molecule has 0 amide bonds. The molecule has 30 heavy (non-hydrogen) atoms. The van der Waals surface area contributed by atoms with Gasteiger partial charge < -0.3 is 4.90 Å². The standard InChI is InChI=1S/C25H29F2N3/c1-29(2)13-6-14-30-25(20-9-4-11-22(27)17-20)23-12-5-8-19(24(23)28-30)15-18-7-3-10-21(26)16-18/h3-4,7,9-11,15-17,23,25H,5-6,8,12-14H2,1-2H3. The normalized spacial score (nSPS) is 22.5. The third kappa shape index (κ3) is 4.62. The van der Waals surface area contributed by atoms with Gasteiger partial charge in [-0.05, 0) is 93.4 Å². The Morgan fingerprint density at radius 3 is 2.60 bits per heavy atom. The molecule has 0 bridgehead atoms. The molecule has 1 heterocycles. The van der Waals surface area contributed by atoms with E-state index in [1.807, 2.05) is 12.1 Å². The van der Waals surface area contributed by atoms with E-state index in [1.165, 1.54) is 17.7 Å². The van der Waals surface area contributed by atoms with Crippen LogP contribution in [-0.2, 0) is 0 Å². The second-order valence-corrected chi connectivity index (χ2v) is 8.53. The van der Waals surface area contributed by atoms with E-state index in [9.17, 15) is 8.78 Å². The fourth-order valence-electron chi connectivity index (χ4n) is 4.65. The Hall–Kier alpha value is -2.53. The molecule has 3 nitrogen and oxygen atoms in total. The molecule has 1 aliphatic carbocycles. The molecule has 0 aromatic heterocycles. The molecule has 2 unspecified atom stereocenters. The van der Waals surface area contributed by atoms with Crippen molar-refractivity contribution in [3.8, 4) is 0 Å². The Balaban J connectivity index is 1.66. The van der Waals surface area contributed by atoms with Crippen molar-refractivity contribution in [1.29, 1.82) is 0 Å². The van der Waals surface area contributed by atoms with Gasteiger partial charge in [0, 0.05) is 12.5 Å². The van der Waals surface area contributed by atoms with Gasteiger partial charge in [-0.3, -0.25) is 5.01 Å². The van der Waals surface area contributed by atoms with Gasteiger partial charge in [0.1, 0.15) is 11.6 Å². The molecule has 0 N–H and O–H groups in total. The van der Waals surface area contributed by atoms with Crippen LogP contribution in [0.4, 0.5) is 8.78 Å². The van der Waals surface area contributed by atoms with Crippen LogP contribution in [0.15, 0.2) is 59.2 Å². The molecule has 2 atom stereocenters. The lowest BCUT2D eigenvalue weighted by molar-refractivity contribution is 0.187. The number of hydrogen-bond donors (Lipinski definition) is 0. The molecule has 2 aromatic carbocycles. The zero-order chi connectivity index (χ0) is 21.1. The Bertz CT molecular complexity index is 951. The average Bonchev–Trinajstić information content (AvgIpc) is 3.07. The first-order valence-corrected chi connectivity index (χ1v) is 10.7. The average molecular weight is 410 g/mol. The molecule has 1 fully saturated rings. The molecule has 4 rings (SSSR count). The minimum Gasteiger partial charge on any atom is -0.309 e. The van der Waals surface area contributed by atoms with Gasteiger partial charge in [-0.1, -0.05) is 24.3 Å². The Morgan fingerprint density at radius 2 is 1.87 bits per heavy atom. The maximum Gasteiger partial charge on any atom is 0.123 e. The zero-order valence-corrected chi connectivity index (χ0v) is 17.7. The van der Waals surface area contributed by atoms with Crippen molar-refractivity contribution in [2.45, 2.75) is 31.7 Å². The number of nitrogens with zero attached hydrogens (tertiary/aromatic N) is 3. The number of halogens is 2. The highest BCUT2D eigenvalue weighted by atomic mass is 19.1. The van der Waals surface area contributed by atoms with Crippen molar-refractivity contribution in [2.75, 3.05) is 27.2 Å². The summed E-state index contributed by atoms with van der Waals surface area (Å²) in [6.45, 7) is 1.81. The number of benzene rings is 2. The minimum absolute atomic E-state index is 0.0501. The molecule has 2 aromatic rings. The van der Waals surface area contributed by atoms with Crippen LogP contribution in [0, 0.1) is 17.6 Å². The number of hydrogen-bond acceptors (Lipinski definition) is 3. The predicted octanol–water partition coefficient (Wildman–Crippen LogP) is 5.51. The maximum atomic E-state index is 14.0. The second kappa shape index (κ2) is 9.09. The van der Waals surface area contributed by atoms with E-state index in [4.69, 9.17) is 5.10 Å². The van der Waals surface area contributed by atoms with Crippen molar-refractivity contribution in [2.24, 2.45) is 11.0 Å². The van der Waals surface area contributed by atoms with Crippen LogP contribution < -0.4 is 0 Å². The van der Waals surface area contributed by atoms with Gasteiger partial charge in [0.05, 0.1) is 11.8 Å². The van der Waals surface area contributed by atoms with Gasteiger partial charge in [0.2, 0.25) is 0 Å². The van der Waals surface area contributed by atoms with Gasteiger partial charge in [-0.15, -0.1) is 0 Å². The van der Waals surface area contributed by atoms with E-state index < -0.39 is 0 Å². The highest BCUT2D eigenvalue weighted by Gasteiger charge is 2.41. The van der Waals surface area contributed by atoms with Crippen molar-refractivity contribution in [1.82, 2.24) is 9.91 Å². The van der Waals surface area contributed by atoms with E-state index in [0.29, 0.717) is 0 Å². The van der Waals surface area contributed by atoms with Crippen molar-refractivity contribution in [3.63, 3.8) is 0 Å². The molecule has 0 spiro atoms. The van der Waals surface area contributed by atoms with Gasteiger partial charge in [0.25, 0.3) is 0 Å². The van der Waals surface area contributed by atoms with Gasteiger partial charge in [-0.2, -0.15) is 5.10 Å². The molecule has 5 heteroatoms. The van der Waals surface area contributed by atoms with Crippen molar-refractivity contribution < 1.29 is 8.78 Å². The largest absolute Gasteiger partial charge is 0.309 e. The lowest BCUT2D eigenvalue weighted by Crippen LogP contribution is -2.29. The molecular weight excluding hydrogens is 380 g/mol.